The highest BCUT2D eigenvalue weighted by Crippen LogP contribution is 2.35. The molecule has 5 rings (SSSR count). The Bertz CT molecular complexity index is 1030. The maximum atomic E-state index is 13.0. The summed E-state index contributed by atoms with van der Waals surface area (Å²) in [5, 5.41) is 9.61. The average molecular weight is 425 g/mol. The lowest BCUT2D eigenvalue weighted by Gasteiger charge is -2.40. The van der Waals surface area contributed by atoms with Crippen LogP contribution in [0.4, 0.5) is 24.5 Å². The SMILES string of the molecule is FC(F)(F)c1ccc(C[C@@H](B2Nc3cccc4cccc(c34)N2)N2CCOCC2)cc1. The summed E-state index contributed by atoms with van der Waals surface area (Å²) in [6.07, 6.45) is -3.70. The number of alkyl halides is 3. The van der Waals surface area contributed by atoms with Crippen molar-refractivity contribution in [2.45, 2.75) is 18.5 Å². The largest absolute Gasteiger partial charge is 0.416 e. The molecular formula is C23H23BF3N3O. The minimum atomic E-state index is -4.32. The van der Waals surface area contributed by atoms with E-state index in [1.165, 1.54) is 17.5 Å². The van der Waals surface area contributed by atoms with Gasteiger partial charge < -0.3 is 15.2 Å². The number of rotatable bonds is 4. The molecule has 2 aliphatic heterocycles. The van der Waals surface area contributed by atoms with Crippen molar-refractivity contribution in [3.8, 4) is 0 Å². The van der Waals surface area contributed by atoms with Gasteiger partial charge in [0.1, 0.15) is 0 Å². The third kappa shape index (κ3) is 4.10. The van der Waals surface area contributed by atoms with Crippen LogP contribution in [0.3, 0.4) is 0 Å². The van der Waals surface area contributed by atoms with Crippen LogP contribution in [-0.4, -0.2) is 44.1 Å². The van der Waals surface area contributed by atoms with E-state index in [1.54, 1.807) is 12.1 Å². The second-order valence-corrected chi connectivity index (χ2v) is 8.09. The van der Waals surface area contributed by atoms with Gasteiger partial charge in [-0.2, -0.15) is 13.2 Å². The van der Waals surface area contributed by atoms with Gasteiger partial charge in [-0.25, -0.2) is 0 Å². The Morgan fingerprint density at radius 2 is 1.52 bits per heavy atom. The minimum absolute atomic E-state index is 0.0456. The van der Waals surface area contributed by atoms with Crippen molar-refractivity contribution in [1.82, 2.24) is 4.90 Å². The van der Waals surface area contributed by atoms with E-state index < -0.39 is 11.7 Å². The van der Waals surface area contributed by atoms with Crippen LogP contribution in [-0.2, 0) is 17.3 Å². The lowest BCUT2D eigenvalue weighted by molar-refractivity contribution is -0.137. The van der Waals surface area contributed by atoms with Crippen molar-refractivity contribution >= 4 is 29.1 Å². The van der Waals surface area contributed by atoms with E-state index in [2.05, 4.69) is 39.6 Å². The van der Waals surface area contributed by atoms with Crippen molar-refractivity contribution in [2.75, 3.05) is 36.8 Å². The number of morpholine rings is 1. The lowest BCUT2D eigenvalue weighted by atomic mass is 9.62. The predicted molar refractivity (Wildman–Crippen MR) is 118 cm³/mol. The van der Waals surface area contributed by atoms with E-state index in [-0.39, 0.29) is 12.9 Å². The number of ether oxygens (including phenoxy) is 1. The molecule has 0 spiro atoms. The smallest absolute Gasteiger partial charge is 0.408 e. The Labute approximate surface area is 179 Å². The first-order chi connectivity index (χ1) is 15.0. The average Bonchev–Trinajstić information content (AvgIpc) is 2.78. The highest BCUT2D eigenvalue weighted by atomic mass is 19.4. The van der Waals surface area contributed by atoms with Gasteiger partial charge in [0, 0.05) is 35.8 Å². The van der Waals surface area contributed by atoms with Gasteiger partial charge >= 0.3 is 13.2 Å². The van der Waals surface area contributed by atoms with Crippen LogP contribution in [0, 0.1) is 0 Å². The zero-order valence-electron chi connectivity index (χ0n) is 17.0. The molecule has 31 heavy (non-hydrogen) atoms. The summed E-state index contributed by atoms with van der Waals surface area (Å²) in [6, 6.07) is 17.9. The first kappa shape index (κ1) is 20.2. The predicted octanol–water partition coefficient (Wildman–Crippen LogP) is 4.67. The van der Waals surface area contributed by atoms with Crippen LogP contribution >= 0.6 is 0 Å². The maximum Gasteiger partial charge on any atom is 0.416 e. The van der Waals surface area contributed by atoms with Gasteiger partial charge in [0.25, 0.3) is 0 Å². The summed E-state index contributed by atoms with van der Waals surface area (Å²) in [4.78, 5) is 2.36. The normalized spacial score (nSPS) is 17.8. The topological polar surface area (TPSA) is 36.5 Å². The number of nitrogens with one attached hydrogen (secondary N) is 2. The van der Waals surface area contributed by atoms with E-state index in [0.29, 0.717) is 19.6 Å². The molecule has 3 aromatic carbocycles. The van der Waals surface area contributed by atoms with E-state index >= 15 is 0 Å². The van der Waals surface area contributed by atoms with Gasteiger partial charge in [0.15, 0.2) is 0 Å². The molecule has 8 heteroatoms. The molecule has 1 saturated heterocycles. The van der Waals surface area contributed by atoms with E-state index in [9.17, 15) is 13.2 Å². The molecule has 0 bridgehead atoms. The van der Waals surface area contributed by atoms with Crippen molar-refractivity contribution < 1.29 is 17.9 Å². The summed E-state index contributed by atoms with van der Waals surface area (Å²) < 4.78 is 44.4. The Kier molecular flexibility index (Phi) is 5.28. The quantitative estimate of drug-likeness (QED) is 0.596. The Hall–Kier alpha value is -2.71. The van der Waals surface area contributed by atoms with Crippen LogP contribution in [0.2, 0.25) is 0 Å². The van der Waals surface area contributed by atoms with E-state index in [1.807, 2.05) is 12.1 Å². The number of hydrogen-bond donors (Lipinski definition) is 2. The van der Waals surface area contributed by atoms with Crippen LogP contribution in [0.1, 0.15) is 11.1 Å². The second kappa shape index (κ2) is 8.09. The number of anilines is 2. The molecule has 1 atom stereocenters. The molecule has 0 aromatic heterocycles. The minimum Gasteiger partial charge on any atom is -0.408 e. The van der Waals surface area contributed by atoms with Crippen LogP contribution in [0.15, 0.2) is 60.7 Å². The Balaban J connectivity index is 1.44. The summed E-state index contributed by atoms with van der Waals surface area (Å²) >= 11 is 0. The lowest BCUT2D eigenvalue weighted by Crippen LogP contribution is -2.59. The van der Waals surface area contributed by atoms with Crippen LogP contribution < -0.4 is 10.5 Å². The molecule has 1 fully saturated rings. The molecule has 0 unspecified atom stereocenters. The highest BCUT2D eigenvalue weighted by molar-refractivity contribution is 6.69. The fourth-order valence-electron chi connectivity index (χ4n) is 4.58. The molecule has 3 aromatic rings. The number of benzene rings is 3. The molecular weight excluding hydrogens is 402 g/mol. The van der Waals surface area contributed by atoms with Crippen molar-refractivity contribution in [2.24, 2.45) is 0 Å². The molecule has 2 N–H and O–H groups in total. The molecule has 0 radical (unpaired) electrons. The molecule has 0 aliphatic carbocycles. The summed E-state index contributed by atoms with van der Waals surface area (Å²) in [5.74, 6) is 0.0456. The van der Waals surface area contributed by atoms with Gasteiger partial charge in [-0.3, -0.25) is 4.90 Å². The van der Waals surface area contributed by atoms with Crippen molar-refractivity contribution in [1.29, 1.82) is 0 Å². The first-order valence-electron chi connectivity index (χ1n) is 10.5. The zero-order chi connectivity index (χ0) is 21.4. The Morgan fingerprint density at radius 1 is 0.903 bits per heavy atom. The van der Waals surface area contributed by atoms with Gasteiger partial charge in [-0.1, -0.05) is 36.4 Å². The molecule has 2 aliphatic rings. The van der Waals surface area contributed by atoms with Crippen LogP contribution in [0.5, 0.6) is 0 Å². The summed E-state index contributed by atoms with van der Waals surface area (Å²) in [5.41, 5.74) is 2.41. The van der Waals surface area contributed by atoms with Crippen molar-refractivity contribution in [3.63, 3.8) is 0 Å². The fraction of sp³-hybridized carbons (Fsp3) is 0.304. The molecule has 2 heterocycles. The maximum absolute atomic E-state index is 13.0. The van der Waals surface area contributed by atoms with E-state index in [4.69, 9.17) is 4.74 Å². The van der Waals surface area contributed by atoms with Gasteiger partial charge in [-0.15, -0.1) is 0 Å². The van der Waals surface area contributed by atoms with Crippen molar-refractivity contribution in [3.05, 3.63) is 71.8 Å². The van der Waals surface area contributed by atoms with Gasteiger partial charge in [0.05, 0.1) is 18.8 Å². The highest BCUT2D eigenvalue weighted by Gasteiger charge is 2.37. The first-order valence-corrected chi connectivity index (χ1v) is 10.5. The Morgan fingerprint density at radius 3 is 2.10 bits per heavy atom. The standard InChI is InChI=1S/C23H23BF3N3O/c25-23(26,27)18-9-7-16(8-10-18)15-21(30-11-13-31-14-12-30)24-28-19-5-1-3-17-4-2-6-20(29-24)22(17)19/h1-10,21,28-29H,11-15H2/t21-/m0/s1. The van der Waals surface area contributed by atoms with Gasteiger partial charge in [-0.05, 0) is 41.6 Å². The second-order valence-electron chi connectivity index (χ2n) is 8.09. The number of halogens is 3. The van der Waals surface area contributed by atoms with Gasteiger partial charge in [0.2, 0.25) is 0 Å². The summed E-state index contributed by atoms with van der Waals surface area (Å²) in [6.45, 7) is 2.81. The number of hydrogen-bond acceptors (Lipinski definition) is 4. The zero-order valence-corrected chi connectivity index (χ0v) is 17.0. The molecule has 160 valence electrons. The third-order valence-corrected chi connectivity index (χ3v) is 6.15. The monoisotopic (exact) mass is 425 g/mol. The molecule has 4 nitrogen and oxygen atoms in total. The third-order valence-electron chi connectivity index (χ3n) is 6.15. The van der Waals surface area contributed by atoms with Crippen LogP contribution in [0.25, 0.3) is 10.8 Å². The summed E-state index contributed by atoms with van der Waals surface area (Å²) in [7, 11) is 0. The molecule has 0 saturated carbocycles. The van der Waals surface area contributed by atoms with E-state index in [0.717, 1.165) is 35.4 Å². The fourth-order valence-corrected chi connectivity index (χ4v) is 4.58. The molecule has 0 amide bonds. The number of nitrogens with zero attached hydrogens (tertiary/aromatic N) is 1.